The molecule has 1 saturated heterocycles. The molecule has 0 aromatic carbocycles. The van der Waals surface area contributed by atoms with Gasteiger partial charge in [-0.3, -0.25) is 9.58 Å². The lowest BCUT2D eigenvalue weighted by molar-refractivity contribution is 0.222. The molecule has 0 bridgehead atoms. The average Bonchev–Trinajstić information content (AvgIpc) is 3.22. The number of alkyl halides is 1. The lowest BCUT2D eigenvalue weighted by atomic mass is 10.2. The van der Waals surface area contributed by atoms with Crippen molar-refractivity contribution in [1.82, 2.24) is 29.5 Å². The Bertz CT molecular complexity index is 622. The number of nitrogens with zero attached hydrogens (tertiary/aromatic N) is 5. The molecule has 3 rings (SSSR count). The van der Waals surface area contributed by atoms with Gasteiger partial charge in [-0.2, -0.15) is 5.10 Å². The number of likely N-dealkylation sites (tertiary alicyclic amines) is 1. The van der Waals surface area contributed by atoms with Crippen molar-refractivity contribution in [3.8, 4) is 0 Å². The average molecular weight is 320 g/mol. The molecule has 3 heterocycles. The molecule has 7 heteroatoms. The Morgan fingerprint density at radius 1 is 1.39 bits per heavy atom. The van der Waals surface area contributed by atoms with Crippen LogP contribution in [-0.4, -0.2) is 49.5 Å². The Balaban J connectivity index is 1.54. The third kappa shape index (κ3) is 3.79. The highest BCUT2D eigenvalue weighted by atomic mass is 19.1. The fourth-order valence-electron chi connectivity index (χ4n) is 3.22. The Labute approximate surface area is 136 Å². The summed E-state index contributed by atoms with van der Waals surface area (Å²) >= 11 is 0. The lowest BCUT2D eigenvalue weighted by Crippen LogP contribution is -2.38. The van der Waals surface area contributed by atoms with Crippen molar-refractivity contribution in [3.05, 3.63) is 36.2 Å². The fourth-order valence-corrected chi connectivity index (χ4v) is 3.22. The normalized spacial score (nSPS) is 22.0. The first-order valence-corrected chi connectivity index (χ1v) is 8.23. The van der Waals surface area contributed by atoms with Crippen LogP contribution < -0.4 is 5.32 Å². The van der Waals surface area contributed by atoms with Crippen molar-refractivity contribution in [2.45, 2.75) is 45.2 Å². The first-order valence-electron chi connectivity index (χ1n) is 8.23. The predicted molar refractivity (Wildman–Crippen MR) is 86.5 cm³/mol. The van der Waals surface area contributed by atoms with Gasteiger partial charge in [-0.05, 0) is 19.4 Å². The lowest BCUT2D eigenvalue weighted by Gasteiger charge is -2.24. The Morgan fingerprint density at radius 2 is 2.26 bits per heavy atom. The van der Waals surface area contributed by atoms with E-state index in [1.807, 2.05) is 34.8 Å². The van der Waals surface area contributed by atoms with E-state index in [1.165, 1.54) is 0 Å². The van der Waals surface area contributed by atoms with Gasteiger partial charge in [0.15, 0.2) is 0 Å². The summed E-state index contributed by atoms with van der Waals surface area (Å²) in [5, 5.41) is 7.72. The highest BCUT2D eigenvalue weighted by molar-refractivity contribution is 5.00. The maximum absolute atomic E-state index is 13.9. The molecule has 1 fully saturated rings. The summed E-state index contributed by atoms with van der Waals surface area (Å²) in [7, 11) is 1.98. The molecular formula is C16H25FN6. The summed E-state index contributed by atoms with van der Waals surface area (Å²) in [6.45, 7) is 5.67. The minimum absolute atomic E-state index is 0.208. The smallest absolute Gasteiger partial charge is 0.122 e. The summed E-state index contributed by atoms with van der Waals surface area (Å²) in [6.07, 6.45) is 5.38. The largest absolute Gasteiger partial charge is 0.337 e. The van der Waals surface area contributed by atoms with Gasteiger partial charge >= 0.3 is 0 Å². The number of aromatic nitrogens is 4. The maximum Gasteiger partial charge on any atom is 0.122 e. The van der Waals surface area contributed by atoms with Crippen LogP contribution in [0.15, 0.2) is 24.7 Å². The summed E-state index contributed by atoms with van der Waals surface area (Å²) in [5.74, 6) is 0.980. The molecule has 0 radical (unpaired) electrons. The van der Waals surface area contributed by atoms with E-state index in [-0.39, 0.29) is 6.04 Å². The third-order valence-electron chi connectivity index (χ3n) is 4.53. The van der Waals surface area contributed by atoms with Crippen molar-refractivity contribution in [2.75, 3.05) is 13.1 Å². The summed E-state index contributed by atoms with van der Waals surface area (Å²) in [5.41, 5.74) is 1.16. The second kappa shape index (κ2) is 7.23. The minimum atomic E-state index is -0.747. The van der Waals surface area contributed by atoms with Gasteiger partial charge in [0, 0.05) is 57.9 Å². The van der Waals surface area contributed by atoms with Crippen LogP contribution in [0.4, 0.5) is 4.39 Å². The number of rotatable bonds is 7. The monoisotopic (exact) mass is 320 g/mol. The van der Waals surface area contributed by atoms with Gasteiger partial charge < -0.3 is 9.88 Å². The van der Waals surface area contributed by atoms with Crippen molar-refractivity contribution in [2.24, 2.45) is 7.05 Å². The van der Waals surface area contributed by atoms with Gasteiger partial charge in [0.1, 0.15) is 12.0 Å². The number of hydrogen-bond acceptors (Lipinski definition) is 4. The van der Waals surface area contributed by atoms with Gasteiger partial charge in [0.25, 0.3) is 0 Å². The van der Waals surface area contributed by atoms with Crippen LogP contribution in [0.1, 0.15) is 24.9 Å². The van der Waals surface area contributed by atoms with E-state index in [0.29, 0.717) is 19.5 Å². The van der Waals surface area contributed by atoms with Crippen molar-refractivity contribution in [3.63, 3.8) is 0 Å². The number of aryl methyl sites for hydroxylation is 2. The molecule has 0 aliphatic carbocycles. The van der Waals surface area contributed by atoms with Gasteiger partial charge in [-0.15, -0.1) is 0 Å². The molecular weight excluding hydrogens is 295 g/mol. The van der Waals surface area contributed by atoms with Gasteiger partial charge in [-0.25, -0.2) is 9.37 Å². The summed E-state index contributed by atoms with van der Waals surface area (Å²) in [4.78, 5) is 6.54. The molecule has 0 saturated carbocycles. The third-order valence-corrected chi connectivity index (χ3v) is 4.53. The van der Waals surface area contributed by atoms with Crippen LogP contribution in [0.3, 0.4) is 0 Å². The number of imidazole rings is 1. The van der Waals surface area contributed by atoms with E-state index in [1.54, 1.807) is 6.20 Å². The van der Waals surface area contributed by atoms with Gasteiger partial charge in [0.05, 0.1) is 12.2 Å². The van der Waals surface area contributed by atoms with Crippen molar-refractivity contribution >= 4 is 0 Å². The van der Waals surface area contributed by atoms with Crippen LogP contribution in [0.25, 0.3) is 0 Å². The molecule has 1 aliphatic heterocycles. The second-order valence-electron chi connectivity index (χ2n) is 6.14. The van der Waals surface area contributed by atoms with Gasteiger partial charge in [-0.1, -0.05) is 0 Å². The number of halogens is 1. The van der Waals surface area contributed by atoms with E-state index in [4.69, 9.17) is 0 Å². The second-order valence-corrected chi connectivity index (χ2v) is 6.14. The van der Waals surface area contributed by atoms with Crippen LogP contribution in [0, 0.1) is 0 Å². The van der Waals surface area contributed by atoms with E-state index in [9.17, 15) is 4.39 Å². The molecule has 0 unspecified atom stereocenters. The summed E-state index contributed by atoms with van der Waals surface area (Å²) < 4.78 is 17.8. The minimum Gasteiger partial charge on any atom is -0.337 e. The molecule has 1 aliphatic rings. The van der Waals surface area contributed by atoms with Crippen LogP contribution in [0.2, 0.25) is 0 Å². The maximum atomic E-state index is 13.9. The standard InChI is InChI=1S/C16H25FN6/c1-3-23-14(4-5-20-23)9-18-10-15-8-13(17)11-22(15)12-16-19-6-7-21(16)2/h4-7,13,15,18H,3,8-12H2,1-2H3/t13-,15-/m0/s1. The SMILES string of the molecule is CCn1nccc1CNC[C@@H]1C[C@H](F)CN1Cc1nccn1C. The molecule has 6 nitrogen and oxygen atoms in total. The van der Waals surface area contributed by atoms with Gasteiger partial charge in [0.2, 0.25) is 0 Å². The van der Waals surface area contributed by atoms with E-state index >= 15 is 0 Å². The molecule has 2 aromatic heterocycles. The first kappa shape index (κ1) is 16.1. The Hall–Kier alpha value is -1.73. The zero-order valence-electron chi connectivity index (χ0n) is 13.8. The molecule has 2 atom stereocenters. The topological polar surface area (TPSA) is 50.9 Å². The van der Waals surface area contributed by atoms with E-state index in [0.717, 1.165) is 31.2 Å². The zero-order chi connectivity index (χ0) is 16.2. The molecule has 1 N–H and O–H groups in total. The van der Waals surface area contributed by atoms with Crippen molar-refractivity contribution < 1.29 is 4.39 Å². The quantitative estimate of drug-likeness (QED) is 0.836. The highest BCUT2D eigenvalue weighted by Crippen LogP contribution is 2.22. The zero-order valence-corrected chi connectivity index (χ0v) is 13.8. The van der Waals surface area contributed by atoms with Crippen LogP contribution >= 0.6 is 0 Å². The van der Waals surface area contributed by atoms with E-state index in [2.05, 4.69) is 27.2 Å². The fraction of sp³-hybridized carbons (Fsp3) is 0.625. The molecule has 0 amide bonds. The molecule has 0 spiro atoms. The molecule has 126 valence electrons. The predicted octanol–water partition coefficient (Wildman–Crippen LogP) is 1.34. The van der Waals surface area contributed by atoms with E-state index < -0.39 is 6.17 Å². The summed E-state index contributed by atoms with van der Waals surface area (Å²) in [6, 6.07) is 2.23. The Kier molecular flexibility index (Phi) is 5.07. The van der Waals surface area contributed by atoms with Crippen LogP contribution in [0.5, 0.6) is 0 Å². The molecule has 2 aromatic rings. The highest BCUT2D eigenvalue weighted by Gasteiger charge is 2.32. The Morgan fingerprint density at radius 3 is 3.00 bits per heavy atom. The number of nitrogens with one attached hydrogen (secondary N) is 1. The molecule has 23 heavy (non-hydrogen) atoms. The first-order chi connectivity index (χ1) is 11.2. The number of hydrogen-bond donors (Lipinski definition) is 1. The van der Waals surface area contributed by atoms with Crippen molar-refractivity contribution in [1.29, 1.82) is 0 Å². The van der Waals surface area contributed by atoms with Crippen LogP contribution in [-0.2, 0) is 26.7 Å².